The normalized spacial score (nSPS) is 11.7. The number of rotatable bonds is 9. The number of allylic oxidation sites excluding steroid dienone is 1. The summed E-state index contributed by atoms with van der Waals surface area (Å²) in [5, 5.41) is 9.85. The van der Waals surface area contributed by atoms with Crippen LogP contribution in [0.5, 0.6) is 11.5 Å². The molecule has 7 heteroatoms. The minimum absolute atomic E-state index is 0.00857. The highest BCUT2D eigenvalue weighted by Crippen LogP contribution is 2.31. The molecule has 0 bridgehead atoms. The zero-order chi connectivity index (χ0) is 20.6. The monoisotopic (exact) mass is 419 g/mol. The average molecular weight is 420 g/mol. The van der Waals surface area contributed by atoms with Crippen LogP contribution in [0.25, 0.3) is 6.08 Å². The van der Waals surface area contributed by atoms with E-state index >= 15 is 0 Å². The Labute approximate surface area is 171 Å². The molecule has 0 heterocycles. The molecule has 2 aromatic carbocycles. The molecule has 28 heavy (non-hydrogen) atoms. The number of unbranched alkanes of at least 4 members (excludes halogenated alkanes) is 1. The molecule has 148 valence electrons. The van der Waals surface area contributed by atoms with Gasteiger partial charge in [0.15, 0.2) is 11.5 Å². The van der Waals surface area contributed by atoms with Gasteiger partial charge in [-0.25, -0.2) is 8.42 Å². The number of benzene rings is 2. The molecule has 5 nitrogen and oxygen atoms in total. The minimum atomic E-state index is -3.95. The predicted molar refractivity (Wildman–Crippen MR) is 110 cm³/mol. The van der Waals surface area contributed by atoms with Crippen LogP contribution in [-0.4, -0.2) is 21.6 Å². The Balaban J connectivity index is 2.39. The van der Waals surface area contributed by atoms with Crippen molar-refractivity contribution in [3.8, 4) is 17.6 Å². The summed E-state index contributed by atoms with van der Waals surface area (Å²) in [5.74, 6) is 1.10. The summed E-state index contributed by atoms with van der Waals surface area (Å²) < 4.78 is 36.8. The predicted octanol–water partition coefficient (Wildman–Crippen LogP) is 5.26. The van der Waals surface area contributed by atoms with E-state index in [1.54, 1.807) is 24.3 Å². The molecule has 2 aromatic rings. The standard InChI is InChI=1S/C21H22ClNO4S/c1-3-5-12-27-20-11-6-16(14-21(20)26-4-2)13-19(15-23)28(24,25)18-9-7-17(22)8-10-18/h6-11,13-14H,3-5,12H2,1-2H3. The average Bonchev–Trinajstić information content (AvgIpc) is 2.68. The molecule has 0 N–H and O–H groups in total. The Hall–Kier alpha value is -2.49. The molecule has 0 aliphatic carbocycles. The fourth-order valence-corrected chi connectivity index (χ4v) is 3.68. The second-order valence-electron chi connectivity index (χ2n) is 5.92. The van der Waals surface area contributed by atoms with Gasteiger partial charge in [-0.2, -0.15) is 5.26 Å². The molecular weight excluding hydrogens is 398 g/mol. The van der Waals surface area contributed by atoms with Crippen molar-refractivity contribution in [3.63, 3.8) is 0 Å². The first-order valence-corrected chi connectivity index (χ1v) is 10.8. The van der Waals surface area contributed by atoms with E-state index in [9.17, 15) is 13.7 Å². The van der Waals surface area contributed by atoms with E-state index in [1.165, 1.54) is 30.3 Å². The van der Waals surface area contributed by atoms with Gasteiger partial charge >= 0.3 is 0 Å². The molecule has 0 amide bonds. The Morgan fingerprint density at radius 2 is 1.82 bits per heavy atom. The van der Waals surface area contributed by atoms with E-state index in [2.05, 4.69) is 6.92 Å². The first kappa shape index (κ1) is 21.8. The maximum atomic E-state index is 12.7. The van der Waals surface area contributed by atoms with E-state index < -0.39 is 9.84 Å². The number of hydrogen-bond acceptors (Lipinski definition) is 5. The zero-order valence-electron chi connectivity index (χ0n) is 15.8. The third kappa shape index (κ3) is 5.51. The van der Waals surface area contributed by atoms with Crippen LogP contribution in [0, 0.1) is 11.3 Å². The van der Waals surface area contributed by atoms with E-state index in [-0.39, 0.29) is 9.80 Å². The van der Waals surface area contributed by atoms with Gasteiger partial charge in [0.25, 0.3) is 0 Å². The van der Waals surface area contributed by atoms with Crippen molar-refractivity contribution in [3.05, 3.63) is 58.0 Å². The van der Waals surface area contributed by atoms with Crippen LogP contribution in [0.4, 0.5) is 0 Å². The maximum absolute atomic E-state index is 12.7. The van der Waals surface area contributed by atoms with Gasteiger partial charge in [-0.3, -0.25) is 0 Å². The summed E-state index contributed by atoms with van der Waals surface area (Å²) in [4.78, 5) is -0.355. The summed E-state index contributed by atoms with van der Waals surface area (Å²) in [7, 11) is -3.95. The Morgan fingerprint density at radius 1 is 1.11 bits per heavy atom. The fourth-order valence-electron chi connectivity index (χ4n) is 2.39. The van der Waals surface area contributed by atoms with Crippen LogP contribution in [0.15, 0.2) is 52.3 Å². The quantitative estimate of drug-likeness (QED) is 0.409. The summed E-state index contributed by atoms with van der Waals surface area (Å²) in [6.45, 7) is 4.93. The first-order valence-electron chi connectivity index (χ1n) is 8.94. The Kier molecular flexibility index (Phi) is 7.91. The minimum Gasteiger partial charge on any atom is -0.490 e. The number of ether oxygens (including phenoxy) is 2. The molecule has 0 unspecified atom stereocenters. The third-order valence-corrected chi connectivity index (χ3v) is 5.78. The molecule has 0 spiro atoms. The summed E-state index contributed by atoms with van der Waals surface area (Å²) >= 11 is 5.81. The third-order valence-electron chi connectivity index (χ3n) is 3.84. The molecule has 2 rings (SSSR count). The topological polar surface area (TPSA) is 76.4 Å². The van der Waals surface area contributed by atoms with Crippen LogP contribution in [0.1, 0.15) is 32.3 Å². The van der Waals surface area contributed by atoms with E-state index in [0.29, 0.717) is 35.3 Å². The summed E-state index contributed by atoms with van der Waals surface area (Å²) in [6.07, 6.45) is 3.26. The van der Waals surface area contributed by atoms with Crippen molar-refractivity contribution in [2.24, 2.45) is 0 Å². The smallest absolute Gasteiger partial charge is 0.216 e. The highest BCUT2D eigenvalue weighted by molar-refractivity contribution is 7.95. The highest BCUT2D eigenvalue weighted by Gasteiger charge is 2.21. The van der Waals surface area contributed by atoms with Crippen LogP contribution < -0.4 is 9.47 Å². The van der Waals surface area contributed by atoms with Crippen molar-refractivity contribution in [2.45, 2.75) is 31.6 Å². The molecule has 0 atom stereocenters. The molecule has 0 saturated carbocycles. The molecule has 0 aliphatic rings. The SMILES string of the molecule is CCCCOc1ccc(C=C(C#N)S(=O)(=O)c2ccc(Cl)cc2)cc1OCC. The van der Waals surface area contributed by atoms with Crippen molar-refractivity contribution >= 4 is 27.5 Å². The lowest BCUT2D eigenvalue weighted by Crippen LogP contribution is -2.04. The van der Waals surface area contributed by atoms with Gasteiger partial charge in [0.2, 0.25) is 9.84 Å². The van der Waals surface area contributed by atoms with Crippen LogP contribution >= 0.6 is 11.6 Å². The molecule has 0 saturated heterocycles. The van der Waals surface area contributed by atoms with Crippen LogP contribution in [0.2, 0.25) is 5.02 Å². The molecule has 0 fully saturated rings. The summed E-state index contributed by atoms with van der Waals surface area (Å²) in [6, 6.07) is 12.5. The van der Waals surface area contributed by atoms with Gasteiger partial charge in [0, 0.05) is 5.02 Å². The molecular formula is C21H22ClNO4S. The van der Waals surface area contributed by atoms with Crippen LogP contribution in [-0.2, 0) is 9.84 Å². The van der Waals surface area contributed by atoms with Gasteiger partial charge in [0.05, 0.1) is 18.1 Å². The second kappa shape index (κ2) is 10.2. The zero-order valence-corrected chi connectivity index (χ0v) is 17.4. The van der Waals surface area contributed by atoms with Crippen molar-refractivity contribution in [1.82, 2.24) is 0 Å². The molecule has 0 aliphatic heterocycles. The lowest BCUT2D eigenvalue weighted by atomic mass is 10.2. The number of nitrogens with zero attached hydrogens (tertiary/aromatic N) is 1. The van der Waals surface area contributed by atoms with Crippen LogP contribution in [0.3, 0.4) is 0 Å². The van der Waals surface area contributed by atoms with Gasteiger partial charge in [-0.1, -0.05) is 31.0 Å². The summed E-state index contributed by atoms with van der Waals surface area (Å²) in [5.41, 5.74) is 0.528. The molecule has 0 aromatic heterocycles. The lowest BCUT2D eigenvalue weighted by Gasteiger charge is -2.12. The Bertz CT molecular complexity index is 976. The van der Waals surface area contributed by atoms with Gasteiger partial charge in [0.1, 0.15) is 11.0 Å². The largest absolute Gasteiger partial charge is 0.490 e. The fraction of sp³-hybridized carbons (Fsp3) is 0.286. The van der Waals surface area contributed by atoms with Crippen molar-refractivity contribution in [1.29, 1.82) is 5.26 Å². The molecule has 0 radical (unpaired) electrons. The van der Waals surface area contributed by atoms with Gasteiger partial charge in [-0.05, 0) is 61.4 Å². The Morgan fingerprint density at radius 3 is 2.43 bits per heavy atom. The highest BCUT2D eigenvalue weighted by atomic mass is 35.5. The first-order chi connectivity index (χ1) is 13.4. The van der Waals surface area contributed by atoms with E-state index in [4.69, 9.17) is 21.1 Å². The lowest BCUT2D eigenvalue weighted by molar-refractivity contribution is 0.272. The van der Waals surface area contributed by atoms with Gasteiger partial charge in [-0.15, -0.1) is 0 Å². The van der Waals surface area contributed by atoms with E-state index in [0.717, 1.165) is 12.8 Å². The number of nitriles is 1. The van der Waals surface area contributed by atoms with Gasteiger partial charge < -0.3 is 9.47 Å². The van der Waals surface area contributed by atoms with E-state index in [1.807, 2.05) is 6.92 Å². The second-order valence-corrected chi connectivity index (χ2v) is 8.27. The number of sulfone groups is 1. The number of hydrogen-bond donors (Lipinski definition) is 0. The van der Waals surface area contributed by atoms with Crippen molar-refractivity contribution in [2.75, 3.05) is 13.2 Å². The van der Waals surface area contributed by atoms with Crippen molar-refractivity contribution < 1.29 is 17.9 Å². The number of halogens is 1. The maximum Gasteiger partial charge on any atom is 0.216 e.